The maximum atomic E-state index is 11.1. The first kappa shape index (κ1) is 12.3. The van der Waals surface area contributed by atoms with Crippen LogP contribution < -0.4 is 0 Å². The van der Waals surface area contributed by atoms with Crippen LogP contribution in [0.3, 0.4) is 0 Å². The Bertz CT molecular complexity index is 142. The number of carbonyl (C=O) groups excluding carboxylic acids is 1. The van der Waals surface area contributed by atoms with E-state index in [0.29, 0.717) is 6.61 Å². The van der Waals surface area contributed by atoms with Gasteiger partial charge in [0.05, 0.1) is 0 Å². The van der Waals surface area contributed by atoms with E-state index >= 15 is 0 Å². The largest absolute Gasteiger partial charge is 0.464 e. The molecule has 0 aromatic rings. The molecule has 0 rings (SSSR count). The molecular formula is C8H15BrO2S. The van der Waals surface area contributed by atoms with Gasteiger partial charge in [-0.2, -0.15) is 11.8 Å². The van der Waals surface area contributed by atoms with Gasteiger partial charge in [-0.05, 0) is 19.6 Å². The fourth-order valence-electron chi connectivity index (χ4n) is 0.509. The normalized spacial score (nSPS) is 11.3. The SMILES string of the molecule is CCSCCOC(=O)C(C)(C)Br. The summed E-state index contributed by atoms with van der Waals surface area (Å²) in [4.78, 5) is 11.1. The van der Waals surface area contributed by atoms with Crippen LogP contribution in [0.5, 0.6) is 0 Å². The van der Waals surface area contributed by atoms with Gasteiger partial charge in [0.15, 0.2) is 0 Å². The minimum Gasteiger partial charge on any atom is -0.464 e. The number of hydrogen-bond donors (Lipinski definition) is 0. The van der Waals surface area contributed by atoms with Gasteiger partial charge in [0.25, 0.3) is 0 Å². The average Bonchev–Trinajstić information content (AvgIpc) is 1.96. The van der Waals surface area contributed by atoms with Crippen LogP contribution in [0.4, 0.5) is 0 Å². The van der Waals surface area contributed by atoms with Gasteiger partial charge in [-0.15, -0.1) is 0 Å². The van der Waals surface area contributed by atoms with E-state index in [1.54, 1.807) is 25.6 Å². The molecule has 0 aromatic heterocycles. The molecule has 0 aromatic carbocycles. The minimum absolute atomic E-state index is 0.195. The van der Waals surface area contributed by atoms with E-state index in [1.807, 2.05) is 0 Å². The van der Waals surface area contributed by atoms with Crippen molar-refractivity contribution in [3.05, 3.63) is 0 Å². The molecule has 72 valence electrons. The van der Waals surface area contributed by atoms with Crippen molar-refractivity contribution in [1.82, 2.24) is 0 Å². The molecule has 0 unspecified atom stereocenters. The topological polar surface area (TPSA) is 26.3 Å². The second kappa shape index (κ2) is 5.86. The molecule has 2 nitrogen and oxygen atoms in total. The van der Waals surface area contributed by atoms with Gasteiger partial charge in [-0.1, -0.05) is 22.9 Å². The number of halogens is 1. The summed E-state index contributed by atoms with van der Waals surface area (Å²) < 4.78 is 4.45. The number of rotatable bonds is 5. The predicted octanol–water partition coefficient (Wildman–Crippen LogP) is 2.46. The summed E-state index contributed by atoms with van der Waals surface area (Å²) in [7, 11) is 0. The summed E-state index contributed by atoms with van der Waals surface area (Å²) in [6.07, 6.45) is 0. The lowest BCUT2D eigenvalue weighted by atomic mass is 10.2. The first-order valence-electron chi connectivity index (χ1n) is 3.92. The minimum atomic E-state index is -0.552. The molecule has 0 atom stereocenters. The summed E-state index contributed by atoms with van der Waals surface area (Å²) in [5.41, 5.74) is 0. The lowest BCUT2D eigenvalue weighted by molar-refractivity contribution is -0.144. The number of hydrogen-bond acceptors (Lipinski definition) is 3. The molecule has 4 heteroatoms. The molecule has 0 bridgehead atoms. The van der Waals surface area contributed by atoms with E-state index in [9.17, 15) is 4.79 Å². The molecular weight excluding hydrogens is 240 g/mol. The van der Waals surface area contributed by atoms with Crippen LogP contribution in [-0.4, -0.2) is 28.4 Å². The summed E-state index contributed by atoms with van der Waals surface area (Å²) in [5, 5.41) is 0. The van der Waals surface area contributed by atoms with Crippen molar-refractivity contribution in [2.45, 2.75) is 25.1 Å². The molecule has 0 spiro atoms. The number of carbonyl (C=O) groups is 1. The van der Waals surface area contributed by atoms with Crippen molar-refractivity contribution in [3.8, 4) is 0 Å². The highest BCUT2D eigenvalue weighted by Gasteiger charge is 2.24. The highest BCUT2D eigenvalue weighted by Crippen LogP contribution is 2.17. The number of alkyl halides is 1. The van der Waals surface area contributed by atoms with E-state index in [4.69, 9.17) is 4.74 Å². The Hall–Kier alpha value is 0.300. The van der Waals surface area contributed by atoms with E-state index in [0.717, 1.165) is 11.5 Å². The van der Waals surface area contributed by atoms with Crippen molar-refractivity contribution in [2.75, 3.05) is 18.1 Å². The highest BCUT2D eigenvalue weighted by atomic mass is 79.9. The molecule has 0 fully saturated rings. The Morgan fingerprint density at radius 1 is 1.58 bits per heavy atom. The lowest BCUT2D eigenvalue weighted by Gasteiger charge is -2.14. The third-order valence-corrected chi connectivity index (χ3v) is 2.34. The van der Waals surface area contributed by atoms with Gasteiger partial charge in [-0.3, -0.25) is 4.79 Å². The van der Waals surface area contributed by atoms with Gasteiger partial charge < -0.3 is 4.74 Å². The van der Waals surface area contributed by atoms with E-state index in [1.165, 1.54) is 0 Å². The lowest BCUT2D eigenvalue weighted by Crippen LogP contribution is -2.27. The molecule has 0 aliphatic carbocycles. The van der Waals surface area contributed by atoms with Crippen LogP contribution in [0.15, 0.2) is 0 Å². The quantitative estimate of drug-likeness (QED) is 0.429. The molecule has 0 saturated carbocycles. The van der Waals surface area contributed by atoms with Crippen LogP contribution in [-0.2, 0) is 9.53 Å². The number of ether oxygens (including phenoxy) is 1. The molecule has 12 heavy (non-hydrogen) atoms. The first-order valence-corrected chi connectivity index (χ1v) is 5.87. The van der Waals surface area contributed by atoms with E-state index in [-0.39, 0.29) is 5.97 Å². The second-order valence-corrected chi connectivity index (χ2v) is 6.18. The molecule has 0 aliphatic rings. The van der Waals surface area contributed by atoms with Crippen LogP contribution >= 0.6 is 27.7 Å². The standard InChI is InChI=1S/C8H15BrO2S/c1-4-12-6-5-11-7(10)8(2,3)9/h4-6H2,1-3H3. The van der Waals surface area contributed by atoms with Gasteiger partial charge >= 0.3 is 5.97 Å². The maximum Gasteiger partial charge on any atom is 0.322 e. The molecule has 0 saturated heterocycles. The zero-order valence-electron chi connectivity index (χ0n) is 7.72. The molecule has 0 amide bonds. The second-order valence-electron chi connectivity index (χ2n) is 2.81. The fraction of sp³-hybridized carbons (Fsp3) is 0.875. The van der Waals surface area contributed by atoms with Crippen LogP contribution in [0.2, 0.25) is 0 Å². The van der Waals surface area contributed by atoms with Gasteiger partial charge in [-0.25, -0.2) is 0 Å². The maximum absolute atomic E-state index is 11.1. The Morgan fingerprint density at radius 3 is 2.58 bits per heavy atom. The van der Waals surface area contributed by atoms with Crippen LogP contribution in [0, 0.1) is 0 Å². The molecule has 0 aliphatic heterocycles. The number of thioether (sulfide) groups is 1. The van der Waals surface area contributed by atoms with E-state index < -0.39 is 4.32 Å². The van der Waals surface area contributed by atoms with Crippen molar-refractivity contribution in [2.24, 2.45) is 0 Å². The Balaban J connectivity index is 3.45. The van der Waals surface area contributed by atoms with Gasteiger partial charge in [0.2, 0.25) is 0 Å². The predicted molar refractivity (Wildman–Crippen MR) is 57.0 cm³/mol. The zero-order chi connectivity index (χ0) is 9.61. The Labute approximate surface area is 86.6 Å². The summed E-state index contributed by atoms with van der Waals surface area (Å²) >= 11 is 5.00. The Kier molecular flexibility index (Phi) is 6.01. The van der Waals surface area contributed by atoms with Gasteiger partial charge in [0, 0.05) is 5.75 Å². The molecule has 0 radical (unpaired) electrons. The average molecular weight is 255 g/mol. The summed E-state index contributed by atoms with van der Waals surface area (Å²) in [6, 6.07) is 0. The molecule has 0 heterocycles. The summed E-state index contributed by atoms with van der Waals surface area (Å²) in [5.74, 6) is 1.75. The van der Waals surface area contributed by atoms with Crippen LogP contribution in [0.1, 0.15) is 20.8 Å². The number of esters is 1. The smallest absolute Gasteiger partial charge is 0.322 e. The van der Waals surface area contributed by atoms with Crippen molar-refractivity contribution < 1.29 is 9.53 Å². The van der Waals surface area contributed by atoms with Crippen molar-refractivity contribution in [1.29, 1.82) is 0 Å². The fourth-order valence-corrected chi connectivity index (χ4v) is 1.11. The van der Waals surface area contributed by atoms with Crippen molar-refractivity contribution >= 4 is 33.7 Å². The van der Waals surface area contributed by atoms with Crippen molar-refractivity contribution in [3.63, 3.8) is 0 Å². The third kappa shape index (κ3) is 5.89. The third-order valence-electron chi connectivity index (χ3n) is 1.15. The van der Waals surface area contributed by atoms with Crippen LogP contribution in [0.25, 0.3) is 0 Å². The highest BCUT2D eigenvalue weighted by molar-refractivity contribution is 9.10. The zero-order valence-corrected chi connectivity index (χ0v) is 10.1. The van der Waals surface area contributed by atoms with Gasteiger partial charge in [0.1, 0.15) is 10.9 Å². The molecule has 0 N–H and O–H groups in total. The van der Waals surface area contributed by atoms with E-state index in [2.05, 4.69) is 22.9 Å². The monoisotopic (exact) mass is 254 g/mol. The Morgan fingerprint density at radius 2 is 2.17 bits per heavy atom. The summed E-state index contributed by atoms with van der Waals surface area (Å²) in [6.45, 7) is 6.15. The first-order chi connectivity index (χ1) is 5.48.